The monoisotopic (exact) mass is 403 g/mol. The molecule has 6 nitrogen and oxygen atoms in total. The number of nitrogens with zero attached hydrogens (tertiary/aromatic N) is 3. The quantitative estimate of drug-likeness (QED) is 0.396. The van der Waals surface area contributed by atoms with Crippen LogP contribution in [-0.4, -0.2) is 67.5 Å². The molecule has 154 valence electrons. The molecule has 0 aromatic heterocycles. The number of amides is 1. The molecule has 7 heteroatoms. The topological polar surface area (TPSA) is 60.0 Å². The highest BCUT2D eigenvalue weighted by molar-refractivity contribution is 7.99. The minimum atomic E-state index is 0.298. The predicted octanol–water partition coefficient (Wildman–Crippen LogP) is 2.31. The van der Waals surface area contributed by atoms with E-state index in [1.807, 2.05) is 16.7 Å². The van der Waals surface area contributed by atoms with Crippen LogP contribution in [0.25, 0.3) is 0 Å². The van der Waals surface area contributed by atoms with Crippen LogP contribution in [0.3, 0.4) is 0 Å². The Bertz CT molecular complexity index is 643. The Morgan fingerprint density at radius 1 is 1.14 bits per heavy atom. The van der Waals surface area contributed by atoms with Crippen LogP contribution in [0.2, 0.25) is 0 Å². The standard InChI is InChI=1S/C21H33N5OS/c1-2-22-21(23-10-4-12-26-11-3-5-20(26)27)24-17-18-6-8-19(9-7-18)25-13-15-28-16-14-25/h6-9H,2-5,10-17H2,1H3,(H2,22,23,24). The van der Waals surface area contributed by atoms with Gasteiger partial charge in [-0.15, -0.1) is 0 Å². The van der Waals surface area contributed by atoms with E-state index in [9.17, 15) is 4.79 Å². The average molecular weight is 404 g/mol. The van der Waals surface area contributed by atoms with Crippen molar-refractivity contribution in [2.75, 3.05) is 55.7 Å². The number of hydrogen-bond donors (Lipinski definition) is 2. The Kier molecular flexibility index (Phi) is 8.33. The Morgan fingerprint density at radius 2 is 1.93 bits per heavy atom. The summed E-state index contributed by atoms with van der Waals surface area (Å²) in [5.74, 6) is 3.57. The van der Waals surface area contributed by atoms with Crippen molar-refractivity contribution in [1.29, 1.82) is 0 Å². The maximum absolute atomic E-state index is 11.7. The number of benzene rings is 1. The SMILES string of the molecule is CCNC(=NCc1ccc(N2CCSCC2)cc1)NCCCN1CCCC1=O. The fourth-order valence-corrected chi connectivity index (χ4v) is 4.47. The lowest BCUT2D eigenvalue weighted by molar-refractivity contribution is -0.127. The number of likely N-dealkylation sites (tertiary alicyclic amines) is 1. The van der Waals surface area contributed by atoms with Crippen molar-refractivity contribution in [2.24, 2.45) is 4.99 Å². The van der Waals surface area contributed by atoms with Gasteiger partial charge in [0.15, 0.2) is 5.96 Å². The zero-order valence-corrected chi connectivity index (χ0v) is 17.8. The van der Waals surface area contributed by atoms with E-state index in [0.717, 1.165) is 58.1 Å². The molecule has 2 aliphatic rings. The summed E-state index contributed by atoms with van der Waals surface area (Å²) in [6.07, 6.45) is 2.66. The number of guanidine groups is 1. The Morgan fingerprint density at radius 3 is 2.61 bits per heavy atom. The highest BCUT2D eigenvalue weighted by Crippen LogP contribution is 2.20. The maximum atomic E-state index is 11.7. The van der Waals surface area contributed by atoms with Crippen molar-refractivity contribution in [3.63, 3.8) is 0 Å². The summed E-state index contributed by atoms with van der Waals surface area (Å²) in [6, 6.07) is 8.80. The normalized spacial score (nSPS) is 17.9. The van der Waals surface area contributed by atoms with Gasteiger partial charge < -0.3 is 20.4 Å². The van der Waals surface area contributed by atoms with Crippen LogP contribution in [0.5, 0.6) is 0 Å². The third-order valence-corrected chi connectivity index (χ3v) is 6.09. The van der Waals surface area contributed by atoms with Crippen LogP contribution in [0.1, 0.15) is 31.7 Å². The lowest BCUT2D eigenvalue weighted by atomic mass is 10.2. The van der Waals surface area contributed by atoms with E-state index in [1.165, 1.54) is 22.8 Å². The van der Waals surface area contributed by atoms with Gasteiger partial charge in [0, 0.05) is 62.9 Å². The number of carbonyl (C=O) groups excluding carboxylic acids is 1. The Balaban J connectivity index is 1.44. The Hall–Kier alpha value is -1.89. The van der Waals surface area contributed by atoms with Gasteiger partial charge in [-0.1, -0.05) is 12.1 Å². The number of anilines is 1. The molecule has 0 aliphatic carbocycles. The van der Waals surface area contributed by atoms with Crippen LogP contribution >= 0.6 is 11.8 Å². The molecule has 2 N–H and O–H groups in total. The molecule has 1 aromatic rings. The molecular formula is C21H33N5OS. The van der Waals surface area contributed by atoms with Crippen molar-refractivity contribution < 1.29 is 4.79 Å². The minimum Gasteiger partial charge on any atom is -0.370 e. The first-order chi connectivity index (χ1) is 13.8. The average Bonchev–Trinajstić information content (AvgIpc) is 3.15. The molecule has 0 radical (unpaired) electrons. The number of aliphatic imine (C=N–C) groups is 1. The maximum Gasteiger partial charge on any atom is 0.222 e. The zero-order valence-electron chi connectivity index (χ0n) is 17.0. The first-order valence-corrected chi connectivity index (χ1v) is 11.6. The first-order valence-electron chi connectivity index (χ1n) is 10.5. The lowest BCUT2D eigenvalue weighted by Crippen LogP contribution is -2.39. The molecule has 0 spiro atoms. The summed E-state index contributed by atoms with van der Waals surface area (Å²) in [5, 5.41) is 6.68. The molecule has 0 saturated carbocycles. The van der Waals surface area contributed by atoms with Crippen molar-refractivity contribution >= 4 is 29.3 Å². The second kappa shape index (κ2) is 11.2. The van der Waals surface area contributed by atoms with Gasteiger partial charge in [-0.05, 0) is 37.5 Å². The van der Waals surface area contributed by atoms with Crippen LogP contribution in [0.4, 0.5) is 5.69 Å². The van der Waals surface area contributed by atoms with Crippen molar-refractivity contribution in [1.82, 2.24) is 15.5 Å². The molecule has 2 heterocycles. The van der Waals surface area contributed by atoms with E-state index in [1.54, 1.807) is 0 Å². The van der Waals surface area contributed by atoms with Crippen LogP contribution < -0.4 is 15.5 Å². The molecule has 1 amide bonds. The molecule has 2 fully saturated rings. The molecule has 3 rings (SSSR count). The van der Waals surface area contributed by atoms with Crippen LogP contribution in [0.15, 0.2) is 29.3 Å². The summed E-state index contributed by atoms with van der Waals surface area (Å²) in [5.41, 5.74) is 2.53. The number of nitrogens with one attached hydrogen (secondary N) is 2. The van der Waals surface area contributed by atoms with Gasteiger partial charge in [0.2, 0.25) is 5.91 Å². The number of hydrogen-bond acceptors (Lipinski definition) is 4. The van der Waals surface area contributed by atoms with E-state index in [4.69, 9.17) is 4.99 Å². The molecular weight excluding hydrogens is 370 g/mol. The fourth-order valence-electron chi connectivity index (χ4n) is 3.56. The molecule has 0 unspecified atom stereocenters. The van der Waals surface area contributed by atoms with Crippen LogP contribution in [-0.2, 0) is 11.3 Å². The van der Waals surface area contributed by atoms with Gasteiger partial charge in [0.25, 0.3) is 0 Å². The second-order valence-corrected chi connectivity index (χ2v) is 8.45. The third-order valence-electron chi connectivity index (χ3n) is 5.15. The summed E-state index contributed by atoms with van der Waals surface area (Å²) in [6.45, 7) is 8.42. The van der Waals surface area contributed by atoms with Gasteiger partial charge in [0.1, 0.15) is 0 Å². The van der Waals surface area contributed by atoms with E-state index >= 15 is 0 Å². The van der Waals surface area contributed by atoms with Gasteiger partial charge >= 0.3 is 0 Å². The van der Waals surface area contributed by atoms with E-state index in [2.05, 4.69) is 46.7 Å². The fraction of sp³-hybridized carbons (Fsp3) is 0.619. The van der Waals surface area contributed by atoms with Gasteiger partial charge in [-0.3, -0.25) is 4.79 Å². The number of thioether (sulfide) groups is 1. The second-order valence-electron chi connectivity index (χ2n) is 7.23. The Labute approximate surface area is 173 Å². The molecule has 1 aromatic carbocycles. The molecule has 2 saturated heterocycles. The summed E-state index contributed by atoms with van der Waals surface area (Å²) >= 11 is 2.03. The summed E-state index contributed by atoms with van der Waals surface area (Å²) in [4.78, 5) is 20.8. The van der Waals surface area contributed by atoms with Crippen molar-refractivity contribution in [3.05, 3.63) is 29.8 Å². The minimum absolute atomic E-state index is 0.298. The van der Waals surface area contributed by atoms with E-state index in [-0.39, 0.29) is 0 Å². The highest BCUT2D eigenvalue weighted by Gasteiger charge is 2.18. The first kappa shape index (κ1) is 20.8. The van der Waals surface area contributed by atoms with Crippen molar-refractivity contribution in [3.8, 4) is 0 Å². The van der Waals surface area contributed by atoms with Gasteiger partial charge in [-0.2, -0.15) is 11.8 Å². The third kappa shape index (κ3) is 6.33. The summed E-state index contributed by atoms with van der Waals surface area (Å²) < 4.78 is 0. The van der Waals surface area contributed by atoms with Gasteiger partial charge in [-0.25, -0.2) is 4.99 Å². The summed E-state index contributed by atoms with van der Waals surface area (Å²) in [7, 11) is 0. The van der Waals surface area contributed by atoms with Crippen molar-refractivity contribution in [2.45, 2.75) is 32.7 Å². The molecule has 28 heavy (non-hydrogen) atoms. The van der Waals surface area contributed by atoms with E-state index < -0.39 is 0 Å². The predicted molar refractivity (Wildman–Crippen MR) is 119 cm³/mol. The lowest BCUT2D eigenvalue weighted by Gasteiger charge is -2.28. The number of rotatable bonds is 8. The highest BCUT2D eigenvalue weighted by atomic mass is 32.2. The van der Waals surface area contributed by atoms with Gasteiger partial charge in [0.05, 0.1) is 6.54 Å². The van der Waals surface area contributed by atoms with Crippen LogP contribution in [0, 0.1) is 0 Å². The van der Waals surface area contributed by atoms with E-state index in [0.29, 0.717) is 18.9 Å². The molecule has 2 aliphatic heterocycles. The molecule has 0 bridgehead atoms. The zero-order chi connectivity index (χ0) is 19.6. The smallest absolute Gasteiger partial charge is 0.222 e. The molecule has 0 atom stereocenters. The number of carbonyl (C=O) groups is 1. The largest absolute Gasteiger partial charge is 0.370 e.